The van der Waals surface area contributed by atoms with Crippen LogP contribution in [0.3, 0.4) is 0 Å². The van der Waals surface area contributed by atoms with Gasteiger partial charge in [0.1, 0.15) is 0 Å². The number of piperazine rings is 1. The zero-order chi connectivity index (χ0) is 13.0. The molecule has 1 atom stereocenters. The standard InChI is InChI=1S/C13H22N2O3/c1-18-13(17)6-5-12(16)15-9-8-14-7-3-2-4-11(14)10-15/h11H,2-10H2,1H3. The van der Waals surface area contributed by atoms with Gasteiger partial charge < -0.3 is 9.64 Å². The number of piperidine rings is 1. The molecule has 0 bridgehead atoms. The number of carbonyl (C=O) groups is 2. The van der Waals surface area contributed by atoms with Gasteiger partial charge in [-0.2, -0.15) is 0 Å². The van der Waals surface area contributed by atoms with E-state index in [1.165, 1.54) is 32.9 Å². The van der Waals surface area contributed by atoms with Gasteiger partial charge in [-0.15, -0.1) is 0 Å². The third-order valence-corrected chi connectivity index (χ3v) is 3.96. The number of carbonyl (C=O) groups excluding carboxylic acids is 2. The van der Waals surface area contributed by atoms with Crippen LogP contribution in [0.15, 0.2) is 0 Å². The maximum atomic E-state index is 12.0. The summed E-state index contributed by atoms with van der Waals surface area (Å²) in [5.74, 6) is -0.217. The zero-order valence-corrected chi connectivity index (χ0v) is 11.1. The van der Waals surface area contributed by atoms with E-state index < -0.39 is 0 Å². The second-order valence-corrected chi connectivity index (χ2v) is 5.10. The van der Waals surface area contributed by atoms with E-state index in [0.717, 1.165) is 19.6 Å². The summed E-state index contributed by atoms with van der Waals surface area (Å²) in [4.78, 5) is 27.4. The molecule has 1 unspecified atom stereocenters. The molecule has 0 aliphatic carbocycles. The van der Waals surface area contributed by atoms with Crippen LogP contribution in [-0.4, -0.2) is 61.0 Å². The SMILES string of the molecule is COC(=O)CCC(=O)N1CCN2CCCCC2C1. The van der Waals surface area contributed by atoms with Gasteiger partial charge in [0.2, 0.25) is 5.91 Å². The lowest BCUT2D eigenvalue weighted by Crippen LogP contribution is -2.56. The molecule has 1 amide bonds. The van der Waals surface area contributed by atoms with Crippen LogP contribution in [0.4, 0.5) is 0 Å². The van der Waals surface area contributed by atoms with Gasteiger partial charge in [0.25, 0.3) is 0 Å². The summed E-state index contributed by atoms with van der Waals surface area (Å²) in [5.41, 5.74) is 0. The van der Waals surface area contributed by atoms with Crippen molar-refractivity contribution in [2.75, 3.05) is 33.3 Å². The summed E-state index contributed by atoms with van der Waals surface area (Å²) in [5, 5.41) is 0. The normalized spacial score (nSPS) is 24.5. The number of hydrogen-bond donors (Lipinski definition) is 0. The van der Waals surface area contributed by atoms with Crippen molar-refractivity contribution in [2.45, 2.75) is 38.1 Å². The molecule has 0 saturated carbocycles. The highest BCUT2D eigenvalue weighted by atomic mass is 16.5. The first-order valence-electron chi connectivity index (χ1n) is 6.79. The van der Waals surface area contributed by atoms with Crippen LogP contribution in [0.25, 0.3) is 0 Å². The molecule has 2 heterocycles. The summed E-state index contributed by atoms with van der Waals surface area (Å²) in [7, 11) is 1.35. The summed E-state index contributed by atoms with van der Waals surface area (Å²) in [6.45, 7) is 3.79. The highest BCUT2D eigenvalue weighted by Gasteiger charge is 2.30. The van der Waals surface area contributed by atoms with Crippen LogP contribution in [0, 0.1) is 0 Å². The largest absolute Gasteiger partial charge is 0.469 e. The molecule has 2 aliphatic rings. The molecule has 18 heavy (non-hydrogen) atoms. The minimum atomic E-state index is -0.306. The average molecular weight is 254 g/mol. The second-order valence-electron chi connectivity index (χ2n) is 5.10. The van der Waals surface area contributed by atoms with E-state index in [1.807, 2.05) is 4.90 Å². The Bertz CT molecular complexity index is 319. The van der Waals surface area contributed by atoms with E-state index >= 15 is 0 Å². The minimum Gasteiger partial charge on any atom is -0.469 e. The quantitative estimate of drug-likeness (QED) is 0.693. The number of esters is 1. The van der Waals surface area contributed by atoms with Gasteiger partial charge in [0, 0.05) is 32.1 Å². The number of nitrogens with zero attached hydrogens (tertiary/aromatic N) is 2. The molecule has 0 aromatic heterocycles. The number of hydrogen-bond acceptors (Lipinski definition) is 4. The molecule has 2 fully saturated rings. The highest BCUT2D eigenvalue weighted by molar-refractivity contribution is 5.81. The molecule has 0 radical (unpaired) electrons. The van der Waals surface area contributed by atoms with Crippen LogP contribution in [0.1, 0.15) is 32.1 Å². The smallest absolute Gasteiger partial charge is 0.306 e. The van der Waals surface area contributed by atoms with Gasteiger partial charge in [-0.25, -0.2) is 0 Å². The Morgan fingerprint density at radius 2 is 2.00 bits per heavy atom. The molecule has 2 rings (SSSR count). The molecule has 2 aliphatic heterocycles. The second kappa shape index (κ2) is 6.18. The van der Waals surface area contributed by atoms with E-state index in [-0.39, 0.29) is 24.7 Å². The van der Waals surface area contributed by atoms with Crippen molar-refractivity contribution in [1.29, 1.82) is 0 Å². The number of ether oxygens (including phenoxy) is 1. The molecule has 2 saturated heterocycles. The molecule has 102 valence electrons. The lowest BCUT2D eigenvalue weighted by atomic mass is 9.99. The Labute approximate surface area is 108 Å². The summed E-state index contributed by atoms with van der Waals surface area (Å²) in [6, 6.07) is 0.537. The van der Waals surface area contributed by atoms with Crippen LogP contribution in [0.5, 0.6) is 0 Å². The van der Waals surface area contributed by atoms with Crippen molar-refractivity contribution in [3.8, 4) is 0 Å². The third-order valence-electron chi connectivity index (χ3n) is 3.96. The number of rotatable bonds is 3. The fraction of sp³-hybridized carbons (Fsp3) is 0.846. The van der Waals surface area contributed by atoms with Crippen molar-refractivity contribution in [1.82, 2.24) is 9.80 Å². The molecule has 0 aromatic rings. The first-order chi connectivity index (χ1) is 8.70. The van der Waals surface area contributed by atoms with E-state index in [2.05, 4.69) is 9.64 Å². The van der Waals surface area contributed by atoms with Gasteiger partial charge in [0.05, 0.1) is 13.5 Å². The average Bonchev–Trinajstić information content (AvgIpc) is 2.43. The molecule has 0 spiro atoms. The molecular weight excluding hydrogens is 232 g/mol. The van der Waals surface area contributed by atoms with E-state index in [4.69, 9.17) is 0 Å². The Balaban J connectivity index is 1.79. The highest BCUT2D eigenvalue weighted by Crippen LogP contribution is 2.21. The van der Waals surface area contributed by atoms with Crippen molar-refractivity contribution < 1.29 is 14.3 Å². The first-order valence-corrected chi connectivity index (χ1v) is 6.79. The molecule has 5 heteroatoms. The summed E-state index contributed by atoms with van der Waals surface area (Å²) < 4.78 is 4.56. The van der Waals surface area contributed by atoms with Gasteiger partial charge in [-0.3, -0.25) is 14.5 Å². The van der Waals surface area contributed by atoms with Crippen LogP contribution in [-0.2, 0) is 14.3 Å². The fourth-order valence-electron chi connectivity index (χ4n) is 2.85. The predicted octanol–water partition coefficient (Wildman–Crippen LogP) is 0.636. The zero-order valence-electron chi connectivity index (χ0n) is 11.1. The van der Waals surface area contributed by atoms with Gasteiger partial charge >= 0.3 is 5.97 Å². The first kappa shape index (κ1) is 13.3. The van der Waals surface area contributed by atoms with Crippen molar-refractivity contribution in [3.05, 3.63) is 0 Å². The van der Waals surface area contributed by atoms with Crippen LogP contribution in [0.2, 0.25) is 0 Å². The van der Waals surface area contributed by atoms with Gasteiger partial charge in [0.15, 0.2) is 0 Å². The molecular formula is C13H22N2O3. The maximum absolute atomic E-state index is 12.0. The Morgan fingerprint density at radius 1 is 1.17 bits per heavy atom. The number of fused-ring (bicyclic) bond motifs is 1. The van der Waals surface area contributed by atoms with Gasteiger partial charge in [-0.05, 0) is 19.4 Å². The third kappa shape index (κ3) is 3.22. The molecule has 0 aromatic carbocycles. The monoisotopic (exact) mass is 254 g/mol. The van der Waals surface area contributed by atoms with Crippen molar-refractivity contribution >= 4 is 11.9 Å². The summed E-state index contributed by atoms with van der Waals surface area (Å²) in [6.07, 6.45) is 4.22. The van der Waals surface area contributed by atoms with E-state index in [9.17, 15) is 9.59 Å². The molecule has 5 nitrogen and oxygen atoms in total. The Morgan fingerprint density at radius 3 is 2.78 bits per heavy atom. The number of methoxy groups -OCH3 is 1. The molecule has 0 N–H and O–H groups in total. The van der Waals surface area contributed by atoms with Gasteiger partial charge in [-0.1, -0.05) is 6.42 Å². The lowest BCUT2D eigenvalue weighted by molar-refractivity contribution is -0.144. The Kier molecular flexibility index (Phi) is 4.58. The predicted molar refractivity (Wildman–Crippen MR) is 67.0 cm³/mol. The fourth-order valence-corrected chi connectivity index (χ4v) is 2.85. The topological polar surface area (TPSA) is 49.9 Å². The Hall–Kier alpha value is -1.10. The van der Waals surface area contributed by atoms with Crippen LogP contribution >= 0.6 is 0 Å². The van der Waals surface area contributed by atoms with E-state index in [1.54, 1.807) is 0 Å². The van der Waals surface area contributed by atoms with Crippen molar-refractivity contribution in [2.24, 2.45) is 0 Å². The number of amides is 1. The lowest BCUT2D eigenvalue weighted by Gasteiger charge is -2.44. The van der Waals surface area contributed by atoms with Crippen molar-refractivity contribution in [3.63, 3.8) is 0 Å². The minimum absolute atomic E-state index is 0.0885. The van der Waals surface area contributed by atoms with Crippen LogP contribution < -0.4 is 0 Å². The van der Waals surface area contributed by atoms with E-state index in [0.29, 0.717) is 6.04 Å². The maximum Gasteiger partial charge on any atom is 0.306 e. The summed E-state index contributed by atoms with van der Waals surface area (Å²) >= 11 is 0.